The molecule has 1 aromatic heterocycles. The Kier molecular flexibility index (Phi) is 2.49. The molecule has 0 bridgehead atoms. The number of nitrogens with zero attached hydrogens (tertiary/aromatic N) is 2. The van der Waals surface area contributed by atoms with E-state index in [2.05, 4.69) is 39.1 Å². The average Bonchev–Trinajstić information content (AvgIpc) is 2.61. The Labute approximate surface area is 82.1 Å². The molecule has 70 valence electrons. The lowest BCUT2D eigenvalue weighted by molar-refractivity contribution is 0.466. The van der Waals surface area contributed by atoms with Gasteiger partial charge in [0.25, 0.3) is 0 Å². The second-order valence-electron chi connectivity index (χ2n) is 3.12. The number of aliphatic imine (C=N–C) groups is 1. The maximum atomic E-state index is 4.42. The van der Waals surface area contributed by atoms with E-state index in [9.17, 15) is 0 Å². The third-order valence-corrected chi connectivity index (χ3v) is 2.74. The number of hydrogen-bond donors (Lipinski definition) is 1. The van der Waals surface area contributed by atoms with Gasteiger partial charge in [0.05, 0.1) is 5.69 Å². The first-order valence-corrected chi connectivity index (χ1v) is 5.35. The summed E-state index contributed by atoms with van der Waals surface area (Å²) in [6, 6.07) is 2.07. The highest BCUT2D eigenvalue weighted by atomic mass is 32.1. The second-order valence-corrected chi connectivity index (χ2v) is 3.90. The van der Waals surface area contributed by atoms with Crippen molar-refractivity contribution >= 4 is 23.0 Å². The van der Waals surface area contributed by atoms with E-state index in [0.717, 1.165) is 31.2 Å². The van der Waals surface area contributed by atoms with Crippen molar-refractivity contribution in [1.82, 2.24) is 4.90 Å². The van der Waals surface area contributed by atoms with Crippen molar-refractivity contribution in [3.8, 4) is 0 Å². The van der Waals surface area contributed by atoms with Crippen LogP contribution in [0.3, 0.4) is 0 Å². The van der Waals surface area contributed by atoms with E-state index in [1.807, 2.05) is 0 Å². The Morgan fingerprint density at radius 3 is 3.23 bits per heavy atom. The normalized spacial score (nSPS) is 17.0. The van der Waals surface area contributed by atoms with E-state index in [0.29, 0.717) is 0 Å². The van der Waals surface area contributed by atoms with Crippen LogP contribution in [0.1, 0.15) is 6.42 Å². The predicted octanol–water partition coefficient (Wildman–Crippen LogP) is 1.85. The number of hydrogen-bond acceptors (Lipinski definition) is 4. The molecular weight excluding hydrogens is 182 g/mol. The molecule has 2 rings (SSSR count). The molecule has 0 fully saturated rings. The van der Waals surface area contributed by atoms with Gasteiger partial charge in [-0.1, -0.05) is 0 Å². The van der Waals surface area contributed by atoms with Crippen molar-refractivity contribution in [1.29, 1.82) is 0 Å². The molecule has 0 saturated carbocycles. The van der Waals surface area contributed by atoms with Crippen molar-refractivity contribution < 1.29 is 0 Å². The number of rotatable bonds is 1. The number of nitrogens with one attached hydrogen (secondary N) is 1. The van der Waals surface area contributed by atoms with Gasteiger partial charge in [-0.25, -0.2) is 0 Å². The summed E-state index contributed by atoms with van der Waals surface area (Å²) in [6.07, 6.45) is 1.16. The van der Waals surface area contributed by atoms with Crippen LogP contribution < -0.4 is 5.32 Å². The molecule has 1 aliphatic heterocycles. The molecule has 0 unspecified atom stereocenters. The quantitative estimate of drug-likeness (QED) is 0.740. The zero-order valence-electron chi connectivity index (χ0n) is 7.66. The maximum Gasteiger partial charge on any atom is 0.198 e. The lowest BCUT2D eigenvalue weighted by Gasteiger charge is -2.25. The summed E-state index contributed by atoms with van der Waals surface area (Å²) in [5, 5.41) is 7.45. The summed E-state index contributed by atoms with van der Waals surface area (Å²) in [6.45, 7) is 2.03. The number of thiophene rings is 1. The largest absolute Gasteiger partial charge is 0.346 e. The van der Waals surface area contributed by atoms with Gasteiger partial charge in [-0.2, -0.15) is 11.3 Å². The summed E-state index contributed by atoms with van der Waals surface area (Å²) in [5.41, 5.74) is 1.14. The predicted molar refractivity (Wildman–Crippen MR) is 57.5 cm³/mol. The van der Waals surface area contributed by atoms with Gasteiger partial charge in [-0.15, -0.1) is 0 Å². The smallest absolute Gasteiger partial charge is 0.198 e. The Morgan fingerprint density at radius 2 is 2.54 bits per heavy atom. The van der Waals surface area contributed by atoms with Crippen LogP contribution in [0.5, 0.6) is 0 Å². The molecule has 13 heavy (non-hydrogen) atoms. The van der Waals surface area contributed by atoms with Crippen LogP contribution in [0.15, 0.2) is 21.8 Å². The minimum Gasteiger partial charge on any atom is -0.346 e. The van der Waals surface area contributed by atoms with E-state index in [4.69, 9.17) is 0 Å². The fourth-order valence-electron chi connectivity index (χ4n) is 1.32. The van der Waals surface area contributed by atoms with E-state index < -0.39 is 0 Å². The lowest BCUT2D eigenvalue weighted by Crippen LogP contribution is -2.37. The van der Waals surface area contributed by atoms with E-state index in [-0.39, 0.29) is 0 Å². The first-order valence-electron chi connectivity index (χ1n) is 4.41. The molecule has 4 heteroatoms. The van der Waals surface area contributed by atoms with Gasteiger partial charge in [-0.3, -0.25) is 4.99 Å². The molecule has 0 saturated heterocycles. The zero-order chi connectivity index (χ0) is 9.10. The summed E-state index contributed by atoms with van der Waals surface area (Å²) in [4.78, 5) is 6.58. The zero-order valence-corrected chi connectivity index (χ0v) is 8.47. The topological polar surface area (TPSA) is 27.6 Å². The van der Waals surface area contributed by atoms with Crippen molar-refractivity contribution in [3.05, 3.63) is 16.8 Å². The van der Waals surface area contributed by atoms with Crippen LogP contribution in [-0.2, 0) is 0 Å². The lowest BCUT2D eigenvalue weighted by atomic mass is 10.3. The first-order chi connectivity index (χ1) is 6.36. The average molecular weight is 195 g/mol. The van der Waals surface area contributed by atoms with Gasteiger partial charge in [0.15, 0.2) is 5.96 Å². The summed E-state index contributed by atoms with van der Waals surface area (Å²) in [5.74, 6) is 0.990. The molecule has 1 aliphatic rings. The Bertz CT molecular complexity index is 292. The summed E-state index contributed by atoms with van der Waals surface area (Å²) in [7, 11) is 2.07. The minimum absolute atomic E-state index is 0.941. The number of guanidine groups is 1. The van der Waals surface area contributed by atoms with Gasteiger partial charge < -0.3 is 10.2 Å². The fraction of sp³-hybridized carbons (Fsp3) is 0.444. The van der Waals surface area contributed by atoms with Gasteiger partial charge in [0.1, 0.15) is 0 Å². The summed E-state index contributed by atoms with van der Waals surface area (Å²) < 4.78 is 0. The number of anilines is 1. The molecule has 2 heterocycles. The minimum atomic E-state index is 0.941. The van der Waals surface area contributed by atoms with E-state index in [1.54, 1.807) is 11.3 Å². The highest BCUT2D eigenvalue weighted by Crippen LogP contribution is 2.13. The third-order valence-electron chi connectivity index (χ3n) is 2.05. The first kappa shape index (κ1) is 8.56. The van der Waals surface area contributed by atoms with E-state index >= 15 is 0 Å². The fourth-order valence-corrected chi connectivity index (χ4v) is 1.91. The van der Waals surface area contributed by atoms with Crippen molar-refractivity contribution in [3.63, 3.8) is 0 Å². The standard InChI is InChI=1S/C9H13N3S/c1-12-5-2-4-10-9(12)11-8-3-6-13-7-8/h3,6-7H,2,4-5H2,1H3,(H,10,11). The SMILES string of the molecule is CN1CCCN=C1Nc1ccsc1. The third kappa shape index (κ3) is 2.01. The van der Waals surface area contributed by atoms with Crippen molar-refractivity contribution in [2.75, 3.05) is 25.5 Å². The highest BCUT2D eigenvalue weighted by Gasteiger charge is 2.10. The molecule has 1 N–H and O–H groups in total. The molecular formula is C9H13N3S. The van der Waals surface area contributed by atoms with Crippen LogP contribution in [0.25, 0.3) is 0 Å². The second kappa shape index (κ2) is 3.79. The Morgan fingerprint density at radius 1 is 1.62 bits per heavy atom. The van der Waals surface area contributed by atoms with Crippen LogP contribution in [0, 0.1) is 0 Å². The van der Waals surface area contributed by atoms with Crippen molar-refractivity contribution in [2.45, 2.75) is 6.42 Å². The molecule has 0 spiro atoms. The van der Waals surface area contributed by atoms with Crippen molar-refractivity contribution in [2.24, 2.45) is 4.99 Å². The molecule has 0 aromatic carbocycles. The molecule has 0 radical (unpaired) electrons. The van der Waals surface area contributed by atoms with Gasteiger partial charge >= 0.3 is 0 Å². The molecule has 0 amide bonds. The monoisotopic (exact) mass is 195 g/mol. The maximum absolute atomic E-state index is 4.42. The Hall–Kier alpha value is -1.03. The van der Waals surface area contributed by atoms with Gasteiger partial charge in [0, 0.05) is 25.5 Å². The molecule has 3 nitrogen and oxygen atoms in total. The van der Waals surface area contributed by atoms with Crippen LogP contribution >= 0.6 is 11.3 Å². The molecule has 0 atom stereocenters. The van der Waals surface area contributed by atoms with Gasteiger partial charge in [0.2, 0.25) is 0 Å². The van der Waals surface area contributed by atoms with Crippen LogP contribution in [0.4, 0.5) is 5.69 Å². The van der Waals surface area contributed by atoms with Crippen LogP contribution in [0.2, 0.25) is 0 Å². The molecule has 0 aliphatic carbocycles. The summed E-state index contributed by atoms with van der Waals surface area (Å²) >= 11 is 1.69. The van der Waals surface area contributed by atoms with Crippen LogP contribution in [-0.4, -0.2) is 31.0 Å². The highest BCUT2D eigenvalue weighted by molar-refractivity contribution is 7.08. The molecule has 1 aromatic rings. The van der Waals surface area contributed by atoms with Gasteiger partial charge in [-0.05, 0) is 17.9 Å². The Balaban J connectivity index is 2.05. The van der Waals surface area contributed by atoms with E-state index in [1.165, 1.54) is 0 Å².